The molecule has 2 rings (SSSR count). The van der Waals surface area contributed by atoms with Crippen LogP contribution in [0.15, 0.2) is 29.4 Å². The number of guanidine groups is 1. The molecule has 0 amide bonds. The number of thiazole rings is 1. The summed E-state index contributed by atoms with van der Waals surface area (Å²) in [6, 6.07) is 6.27. The van der Waals surface area contributed by atoms with Crippen molar-refractivity contribution < 1.29 is 4.39 Å². The lowest BCUT2D eigenvalue weighted by molar-refractivity contribution is 0.610. The molecular weight excluding hydrogens is 313 g/mol. The van der Waals surface area contributed by atoms with Gasteiger partial charge < -0.3 is 10.6 Å². The van der Waals surface area contributed by atoms with Crippen LogP contribution >= 0.6 is 11.3 Å². The Morgan fingerprint density at radius 1 is 1.43 bits per heavy atom. The molecule has 2 N–H and O–H groups in total. The molecule has 0 aliphatic carbocycles. The third-order valence-corrected chi connectivity index (χ3v) is 3.92. The second-order valence-electron chi connectivity index (χ2n) is 4.83. The molecule has 0 saturated heterocycles. The lowest BCUT2D eigenvalue weighted by Crippen LogP contribution is -2.36. The van der Waals surface area contributed by atoms with Crippen molar-refractivity contribution >= 4 is 17.3 Å². The summed E-state index contributed by atoms with van der Waals surface area (Å²) < 4.78 is 13.8. The highest BCUT2D eigenvalue weighted by Crippen LogP contribution is 2.12. The Kier molecular flexibility index (Phi) is 6.06. The quantitative estimate of drug-likeness (QED) is 0.653. The molecule has 0 fully saturated rings. The standard InChI is InChI=1S/C16H18FN5S/c1-3-19-16(22-10-15-20-8-11(2)23-15)21-9-13-6-12(7-18)4-5-14(13)17/h4-6,8H,3,9-10H2,1-2H3,(H2,19,21,22). The third-order valence-electron chi connectivity index (χ3n) is 3.00. The fourth-order valence-corrected chi connectivity index (χ4v) is 2.64. The van der Waals surface area contributed by atoms with Gasteiger partial charge >= 0.3 is 0 Å². The highest BCUT2D eigenvalue weighted by Gasteiger charge is 2.05. The molecule has 0 bridgehead atoms. The van der Waals surface area contributed by atoms with Gasteiger partial charge in [-0.3, -0.25) is 0 Å². The molecule has 0 saturated carbocycles. The van der Waals surface area contributed by atoms with Gasteiger partial charge in [-0.05, 0) is 32.0 Å². The Morgan fingerprint density at radius 3 is 2.91 bits per heavy atom. The third kappa shape index (κ3) is 5.04. The van der Waals surface area contributed by atoms with E-state index in [1.807, 2.05) is 26.1 Å². The molecule has 120 valence electrons. The van der Waals surface area contributed by atoms with Crippen LogP contribution in [-0.2, 0) is 13.1 Å². The number of rotatable bonds is 5. The SMILES string of the molecule is CCNC(=NCc1cc(C#N)ccc1F)NCc1ncc(C)s1. The number of hydrogen-bond acceptors (Lipinski definition) is 4. The monoisotopic (exact) mass is 331 g/mol. The van der Waals surface area contributed by atoms with Gasteiger partial charge in [0.25, 0.3) is 0 Å². The first kappa shape index (κ1) is 16.9. The maximum atomic E-state index is 13.8. The van der Waals surface area contributed by atoms with Gasteiger partial charge in [-0.25, -0.2) is 14.4 Å². The van der Waals surface area contributed by atoms with E-state index in [4.69, 9.17) is 5.26 Å². The van der Waals surface area contributed by atoms with Crippen molar-refractivity contribution in [1.29, 1.82) is 5.26 Å². The first-order chi connectivity index (χ1) is 11.1. The summed E-state index contributed by atoms with van der Waals surface area (Å²) in [4.78, 5) is 9.80. The smallest absolute Gasteiger partial charge is 0.191 e. The van der Waals surface area contributed by atoms with E-state index in [2.05, 4.69) is 20.6 Å². The number of benzene rings is 1. The van der Waals surface area contributed by atoms with Crippen LogP contribution in [0.4, 0.5) is 4.39 Å². The van der Waals surface area contributed by atoms with E-state index >= 15 is 0 Å². The van der Waals surface area contributed by atoms with E-state index in [9.17, 15) is 4.39 Å². The first-order valence-electron chi connectivity index (χ1n) is 7.24. The predicted octanol–water partition coefficient (Wildman–Crippen LogP) is 2.72. The van der Waals surface area contributed by atoms with Gasteiger partial charge in [-0.2, -0.15) is 5.26 Å². The van der Waals surface area contributed by atoms with Crippen molar-refractivity contribution in [2.24, 2.45) is 4.99 Å². The molecule has 0 spiro atoms. The van der Waals surface area contributed by atoms with Gasteiger partial charge in [0.2, 0.25) is 0 Å². The van der Waals surface area contributed by atoms with E-state index in [0.29, 0.717) is 30.2 Å². The Hall–Kier alpha value is -2.46. The average Bonchev–Trinajstić information content (AvgIpc) is 2.97. The van der Waals surface area contributed by atoms with Gasteiger partial charge in [0, 0.05) is 23.2 Å². The first-order valence-corrected chi connectivity index (χ1v) is 8.06. The van der Waals surface area contributed by atoms with Crippen molar-refractivity contribution in [2.75, 3.05) is 6.54 Å². The van der Waals surface area contributed by atoms with E-state index < -0.39 is 0 Å². The van der Waals surface area contributed by atoms with Crippen LogP contribution in [0.2, 0.25) is 0 Å². The fourth-order valence-electron chi connectivity index (χ4n) is 1.91. The van der Waals surface area contributed by atoms with Crippen LogP contribution in [0.1, 0.15) is 27.9 Å². The van der Waals surface area contributed by atoms with Crippen LogP contribution < -0.4 is 10.6 Å². The summed E-state index contributed by atoms with van der Waals surface area (Å²) in [6.07, 6.45) is 1.83. The number of aromatic nitrogens is 1. The van der Waals surface area contributed by atoms with Crippen molar-refractivity contribution in [1.82, 2.24) is 15.6 Å². The lowest BCUT2D eigenvalue weighted by atomic mass is 10.1. The molecule has 1 aromatic heterocycles. The highest BCUT2D eigenvalue weighted by atomic mass is 32.1. The summed E-state index contributed by atoms with van der Waals surface area (Å²) in [7, 11) is 0. The molecule has 23 heavy (non-hydrogen) atoms. The number of aryl methyl sites for hydroxylation is 1. The van der Waals surface area contributed by atoms with E-state index in [1.54, 1.807) is 11.3 Å². The second-order valence-corrected chi connectivity index (χ2v) is 6.15. The van der Waals surface area contributed by atoms with E-state index in [-0.39, 0.29) is 12.4 Å². The Bertz CT molecular complexity index is 732. The summed E-state index contributed by atoms with van der Waals surface area (Å²) in [5.41, 5.74) is 0.819. The molecule has 5 nitrogen and oxygen atoms in total. The largest absolute Gasteiger partial charge is 0.357 e. The highest BCUT2D eigenvalue weighted by molar-refractivity contribution is 7.11. The number of aliphatic imine (C=N–C) groups is 1. The topological polar surface area (TPSA) is 73.1 Å². The van der Waals surface area contributed by atoms with Crippen molar-refractivity contribution in [2.45, 2.75) is 26.9 Å². The van der Waals surface area contributed by atoms with E-state index in [0.717, 1.165) is 9.88 Å². The number of nitrogens with one attached hydrogen (secondary N) is 2. The zero-order valence-electron chi connectivity index (χ0n) is 13.1. The molecular formula is C16H18FN5S. The number of nitrogens with zero attached hydrogens (tertiary/aromatic N) is 3. The molecule has 0 aliphatic rings. The Morgan fingerprint density at radius 2 is 2.26 bits per heavy atom. The molecule has 2 aromatic rings. The maximum absolute atomic E-state index is 13.8. The lowest BCUT2D eigenvalue weighted by Gasteiger charge is -2.10. The van der Waals surface area contributed by atoms with Crippen LogP contribution in [0.5, 0.6) is 0 Å². The average molecular weight is 331 g/mol. The van der Waals surface area contributed by atoms with Gasteiger partial charge in [0.1, 0.15) is 10.8 Å². The molecule has 1 heterocycles. The van der Waals surface area contributed by atoms with Gasteiger partial charge in [-0.15, -0.1) is 11.3 Å². The van der Waals surface area contributed by atoms with Crippen molar-refractivity contribution in [3.8, 4) is 6.07 Å². The second kappa shape index (κ2) is 8.25. The normalized spacial score (nSPS) is 11.1. The molecule has 7 heteroatoms. The molecule has 1 aromatic carbocycles. The minimum Gasteiger partial charge on any atom is -0.357 e. The van der Waals surface area contributed by atoms with Crippen LogP contribution in [0.3, 0.4) is 0 Å². The van der Waals surface area contributed by atoms with Crippen LogP contribution in [0, 0.1) is 24.1 Å². The minimum atomic E-state index is -0.362. The Labute approximate surface area is 138 Å². The zero-order valence-corrected chi connectivity index (χ0v) is 13.9. The van der Waals surface area contributed by atoms with Crippen molar-refractivity contribution in [3.05, 3.63) is 51.2 Å². The molecule has 0 unspecified atom stereocenters. The zero-order chi connectivity index (χ0) is 16.7. The summed E-state index contributed by atoms with van der Waals surface area (Å²) >= 11 is 1.62. The number of halogens is 1. The van der Waals surface area contributed by atoms with Gasteiger partial charge in [0.05, 0.1) is 24.7 Å². The molecule has 0 atom stereocenters. The Balaban J connectivity index is 2.05. The number of hydrogen-bond donors (Lipinski definition) is 2. The van der Waals surface area contributed by atoms with Crippen LogP contribution in [0.25, 0.3) is 0 Å². The predicted molar refractivity (Wildman–Crippen MR) is 89.6 cm³/mol. The van der Waals surface area contributed by atoms with Crippen molar-refractivity contribution in [3.63, 3.8) is 0 Å². The molecule has 0 aliphatic heterocycles. The van der Waals surface area contributed by atoms with Gasteiger partial charge in [-0.1, -0.05) is 0 Å². The number of nitriles is 1. The summed E-state index contributed by atoms with van der Waals surface area (Å²) in [5, 5.41) is 16.1. The fraction of sp³-hybridized carbons (Fsp3) is 0.312. The maximum Gasteiger partial charge on any atom is 0.191 e. The van der Waals surface area contributed by atoms with Crippen LogP contribution in [-0.4, -0.2) is 17.5 Å². The van der Waals surface area contributed by atoms with Gasteiger partial charge in [0.15, 0.2) is 5.96 Å². The summed E-state index contributed by atoms with van der Waals surface area (Å²) in [6.45, 7) is 5.38. The van der Waals surface area contributed by atoms with E-state index in [1.165, 1.54) is 18.2 Å². The summed E-state index contributed by atoms with van der Waals surface area (Å²) in [5.74, 6) is 0.223. The molecule has 0 radical (unpaired) electrons. The minimum absolute atomic E-state index is 0.160.